The molecule has 0 spiro atoms. The molecule has 2 aliphatic heterocycles. The van der Waals surface area contributed by atoms with Crippen molar-refractivity contribution in [3.05, 3.63) is 255 Å². The molecular weight excluding hydrogens is 1020 g/mol. The van der Waals surface area contributed by atoms with Crippen LogP contribution in [0.1, 0.15) is 0 Å². The van der Waals surface area contributed by atoms with Gasteiger partial charge in [0.15, 0.2) is 19.9 Å². The summed E-state index contributed by atoms with van der Waals surface area (Å²) in [5.41, 5.74) is 15.4. The Balaban J connectivity index is 0.730. The van der Waals surface area contributed by atoms with E-state index < -0.39 is 14.3 Å². The summed E-state index contributed by atoms with van der Waals surface area (Å²) in [7, 11) is -6.46. The van der Waals surface area contributed by atoms with Gasteiger partial charge in [-0.05, 0) is 106 Å². The minimum atomic E-state index is -3.33. The van der Waals surface area contributed by atoms with Gasteiger partial charge in [-0.15, -0.1) is 0 Å². The van der Waals surface area contributed by atoms with E-state index in [-0.39, 0.29) is 0 Å². The summed E-state index contributed by atoms with van der Waals surface area (Å²) >= 11 is 0. The quantitative estimate of drug-likeness (QED) is 0.161. The summed E-state index contributed by atoms with van der Waals surface area (Å²) < 4.78 is 49.9. The highest BCUT2D eigenvalue weighted by atomic mass is 31.2. The molecule has 2 aliphatic rings. The third-order valence-electron chi connectivity index (χ3n) is 17.3. The van der Waals surface area contributed by atoms with Gasteiger partial charge < -0.3 is 27.1 Å². The zero-order chi connectivity index (χ0) is 52.6. The first-order valence-corrected chi connectivity index (χ1v) is 30.4. The molecule has 0 N–H and O–H groups in total. The Morgan fingerprint density at radius 1 is 0.287 bits per heavy atom. The average molecular weight is 1060 g/mol. The van der Waals surface area contributed by atoms with Crippen molar-refractivity contribution in [2.24, 2.45) is 0 Å². The van der Waals surface area contributed by atoms with Gasteiger partial charge in [-0.3, -0.25) is 0 Å². The molecular formula is C72H42N2O4P2. The second-order valence-corrected chi connectivity index (χ2v) is 26.8. The molecule has 0 saturated carbocycles. The van der Waals surface area contributed by atoms with Crippen LogP contribution in [0.4, 0.5) is 0 Å². The maximum absolute atomic E-state index is 16.3. The molecule has 0 radical (unpaired) electrons. The van der Waals surface area contributed by atoms with Crippen molar-refractivity contribution in [1.82, 2.24) is 9.13 Å². The van der Waals surface area contributed by atoms with E-state index in [0.717, 1.165) is 164 Å². The van der Waals surface area contributed by atoms with Crippen LogP contribution in [-0.4, -0.2) is 9.13 Å². The highest BCUT2D eigenvalue weighted by Crippen LogP contribution is 2.56. The van der Waals surface area contributed by atoms with E-state index in [0.29, 0.717) is 0 Å². The Morgan fingerprint density at radius 3 is 1.49 bits per heavy atom. The van der Waals surface area contributed by atoms with Crippen LogP contribution < -0.4 is 31.8 Å². The van der Waals surface area contributed by atoms with Gasteiger partial charge in [-0.1, -0.05) is 176 Å². The van der Waals surface area contributed by atoms with E-state index in [1.54, 1.807) is 0 Å². The molecule has 6 nitrogen and oxygen atoms in total. The number of para-hydroxylation sites is 4. The lowest BCUT2D eigenvalue weighted by Crippen LogP contribution is -2.20. The van der Waals surface area contributed by atoms with E-state index in [1.807, 2.05) is 78.9 Å². The summed E-state index contributed by atoms with van der Waals surface area (Å²) in [5.74, 6) is 0. The number of hydrogen-bond acceptors (Lipinski definition) is 4. The number of rotatable bonds is 5. The van der Waals surface area contributed by atoms with E-state index >= 15 is 9.13 Å². The van der Waals surface area contributed by atoms with Crippen LogP contribution in [-0.2, 0) is 9.13 Å². The Hall–Kier alpha value is -9.70. The van der Waals surface area contributed by atoms with Crippen LogP contribution in [0.25, 0.3) is 132 Å². The molecule has 80 heavy (non-hydrogen) atoms. The van der Waals surface area contributed by atoms with Crippen molar-refractivity contribution >= 4 is 134 Å². The Bertz CT molecular complexity index is 5510. The third-order valence-corrected chi connectivity index (χ3v) is 23.6. The normalized spacial score (nSPS) is 16.4. The monoisotopic (exact) mass is 1060 g/mol. The van der Waals surface area contributed by atoms with E-state index in [4.69, 9.17) is 8.83 Å². The van der Waals surface area contributed by atoms with Gasteiger partial charge in [0.05, 0.1) is 27.8 Å². The molecule has 12 aromatic carbocycles. The highest BCUT2D eigenvalue weighted by molar-refractivity contribution is 7.87. The molecule has 6 heterocycles. The second-order valence-electron chi connectivity index (χ2n) is 21.4. The minimum Gasteiger partial charge on any atom is -0.456 e. The lowest BCUT2D eigenvalue weighted by Gasteiger charge is -2.17. The van der Waals surface area contributed by atoms with Crippen molar-refractivity contribution in [2.45, 2.75) is 0 Å². The molecule has 2 unspecified atom stereocenters. The summed E-state index contributed by atoms with van der Waals surface area (Å²) in [5, 5.41) is 13.7. The Morgan fingerprint density at radius 2 is 0.800 bits per heavy atom. The number of hydrogen-bond donors (Lipinski definition) is 0. The molecule has 0 saturated heterocycles. The first-order chi connectivity index (χ1) is 39.4. The van der Waals surface area contributed by atoms with Crippen LogP contribution in [0, 0.1) is 0 Å². The molecule has 0 amide bonds. The molecule has 0 bridgehead atoms. The smallest absolute Gasteiger partial charge is 0.172 e. The summed E-state index contributed by atoms with van der Waals surface area (Å²) in [6, 6.07) is 88.1. The van der Waals surface area contributed by atoms with Crippen LogP contribution in [0.3, 0.4) is 0 Å². The predicted molar refractivity (Wildman–Crippen MR) is 332 cm³/mol. The third kappa shape index (κ3) is 5.78. The van der Waals surface area contributed by atoms with Gasteiger partial charge >= 0.3 is 0 Å². The number of aromatic nitrogens is 2. The Kier molecular flexibility index (Phi) is 8.84. The van der Waals surface area contributed by atoms with Gasteiger partial charge in [0.25, 0.3) is 0 Å². The van der Waals surface area contributed by atoms with Gasteiger partial charge in [0.2, 0.25) is 0 Å². The average Bonchev–Trinajstić information content (AvgIpc) is 4.37. The molecule has 4 aromatic heterocycles. The number of fused-ring (bicyclic) bond motifs is 18. The van der Waals surface area contributed by atoms with Crippen LogP contribution >= 0.6 is 14.3 Å². The van der Waals surface area contributed by atoms with Crippen molar-refractivity contribution in [2.75, 3.05) is 0 Å². The number of nitrogens with zero attached hydrogens (tertiary/aromatic N) is 2. The van der Waals surface area contributed by atoms with Crippen molar-refractivity contribution in [3.63, 3.8) is 0 Å². The van der Waals surface area contributed by atoms with E-state index in [1.165, 1.54) is 0 Å². The van der Waals surface area contributed by atoms with Gasteiger partial charge in [-0.2, -0.15) is 0 Å². The predicted octanol–water partition coefficient (Wildman–Crippen LogP) is 16.6. The Labute approximate surface area is 457 Å². The summed E-state index contributed by atoms with van der Waals surface area (Å²) in [6.07, 6.45) is 0. The van der Waals surface area contributed by atoms with Gasteiger partial charge in [-0.25, -0.2) is 0 Å². The fourth-order valence-electron chi connectivity index (χ4n) is 13.8. The molecule has 0 fully saturated rings. The fraction of sp³-hybridized carbons (Fsp3) is 0. The zero-order valence-electron chi connectivity index (χ0n) is 42.7. The first kappa shape index (κ1) is 44.3. The largest absolute Gasteiger partial charge is 0.456 e. The molecule has 16 aromatic rings. The standard InChI is InChI=1S/C72H42N2O4P2/c75-79(46-15-2-1-3-16-46)68-27-12-7-20-53(68)58-39-63-56(41-70(58)79)48-17-4-9-23-60(48)73(63)45-32-36-52-51-35-31-44(37-66(51)77-67(52)38-45)43-29-33-47(34-30-43)80(76)69-28-13-8-21-54(69)59-40-64-57(42-71(59)80)49-18-5-10-24-61(49)74(64)62-25-14-22-55-50-19-6-11-26-65(50)78-72(55)62/h1-42H. The number of furan rings is 2. The molecule has 2 atom stereocenters. The molecule has 374 valence electrons. The van der Waals surface area contributed by atoms with Crippen LogP contribution in [0.5, 0.6) is 0 Å². The first-order valence-electron chi connectivity index (χ1n) is 27.0. The van der Waals surface area contributed by atoms with Crippen molar-refractivity contribution in [1.29, 1.82) is 0 Å². The maximum atomic E-state index is 16.3. The van der Waals surface area contributed by atoms with Crippen molar-refractivity contribution < 1.29 is 18.0 Å². The zero-order valence-corrected chi connectivity index (χ0v) is 44.5. The minimum absolute atomic E-state index is 0.788. The van der Waals surface area contributed by atoms with Crippen molar-refractivity contribution in [3.8, 4) is 44.8 Å². The maximum Gasteiger partial charge on any atom is 0.172 e. The summed E-state index contributed by atoms with van der Waals surface area (Å²) in [4.78, 5) is 0. The van der Waals surface area contributed by atoms with E-state index in [2.05, 4.69) is 185 Å². The summed E-state index contributed by atoms with van der Waals surface area (Å²) in [6.45, 7) is 0. The van der Waals surface area contributed by atoms with E-state index in [9.17, 15) is 0 Å². The molecule has 8 heteroatoms. The lowest BCUT2D eigenvalue weighted by molar-refractivity contribution is 0.592. The number of benzene rings is 12. The SMILES string of the molecule is O=P1(c2ccccc2)c2ccccc2-c2cc3c(cc21)c1ccccc1n3-c1ccc2c(c1)oc1cc(-c3ccc(P4(=O)c5ccccc5-c5cc6c(cc54)c4ccccc4n6-c4cccc5c4oc4ccccc45)cc3)ccc12. The lowest BCUT2D eigenvalue weighted by atomic mass is 10.0. The van der Waals surface area contributed by atoms with Gasteiger partial charge in [0.1, 0.15) is 16.7 Å². The molecule has 18 rings (SSSR count). The highest BCUT2D eigenvalue weighted by Gasteiger charge is 2.42. The van der Waals surface area contributed by atoms with Crippen LogP contribution in [0.2, 0.25) is 0 Å². The van der Waals surface area contributed by atoms with Crippen LogP contribution in [0.15, 0.2) is 264 Å². The fourth-order valence-corrected chi connectivity index (χ4v) is 19.9. The second kappa shape index (κ2) is 16.0. The topological polar surface area (TPSA) is 70.3 Å². The molecule has 0 aliphatic carbocycles. The van der Waals surface area contributed by atoms with Gasteiger partial charge in [0, 0.05) is 86.7 Å².